The molecular formula is C28H24FN3O5. The zero-order chi connectivity index (χ0) is 26.1. The average Bonchev–Trinajstić information content (AvgIpc) is 3.68. The van der Waals surface area contributed by atoms with Crippen molar-refractivity contribution in [2.45, 2.75) is 37.8 Å². The second-order valence-electron chi connectivity index (χ2n) is 9.51. The molecular weight excluding hydrogens is 477 g/mol. The van der Waals surface area contributed by atoms with Crippen LogP contribution in [0.3, 0.4) is 0 Å². The number of anilines is 1. The van der Waals surface area contributed by atoms with E-state index >= 15 is 0 Å². The highest BCUT2D eigenvalue weighted by molar-refractivity contribution is 6.18. The number of para-hydroxylation sites is 1. The number of halogens is 1. The third-order valence-electron chi connectivity index (χ3n) is 7.37. The highest BCUT2D eigenvalue weighted by Crippen LogP contribution is 2.55. The first-order valence-corrected chi connectivity index (χ1v) is 12.0. The molecule has 1 fully saturated rings. The summed E-state index contributed by atoms with van der Waals surface area (Å²) in [6.07, 6.45) is 1.67. The van der Waals surface area contributed by atoms with E-state index in [-0.39, 0.29) is 40.9 Å². The van der Waals surface area contributed by atoms with Gasteiger partial charge in [-0.3, -0.25) is 9.59 Å². The molecule has 0 bridgehead atoms. The number of amides is 1. The van der Waals surface area contributed by atoms with Crippen LogP contribution in [0.25, 0.3) is 0 Å². The number of hydrogen-bond donors (Lipinski definition) is 1. The van der Waals surface area contributed by atoms with Gasteiger partial charge in [-0.2, -0.15) is 0 Å². The van der Waals surface area contributed by atoms with Crippen LogP contribution < -0.4 is 20.9 Å². The normalized spacial score (nSPS) is 20.1. The monoisotopic (exact) mass is 501 g/mol. The third-order valence-corrected chi connectivity index (χ3v) is 7.37. The van der Waals surface area contributed by atoms with Crippen molar-refractivity contribution in [2.75, 3.05) is 12.0 Å². The summed E-state index contributed by atoms with van der Waals surface area (Å²) in [7, 11) is 1.17. The van der Waals surface area contributed by atoms with Gasteiger partial charge in [-0.15, -0.1) is 0 Å². The molecule has 188 valence electrons. The van der Waals surface area contributed by atoms with E-state index < -0.39 is 28.7 Å². The highest BCUT2D eigenvalue weighted by atomic mass is 19.1. The van der Waals surface area contributed by atoms with Gasteiger partial charge < -0.3 is 24.7 Å². The van der Waals surface area contributed by atoms with Crippen LogP contribution in [0.5, 0.6) is 5.75 Å². The summed E-state index contributed by atoms with van der Waals surface area (Å²) in [6, 6.07) is 14.7. The first-order valence-electron chi connectivity index (χ1n) is 12.0. The van der Waals surface area contributed by atoms with E-state index in [1.165, 1.54) is 18.1 Å². The van der Waals surface area contributed by atoms with E-state index in [4.69, 9.17) is 15.2 Å². The SMILES string of the molecule is COC(=O)C1=C(N)Oc2cc(C)n(C3CC3)c(=O)c2C12C(=O)N(Cc1ccccc1F)c1ccccc12. The first kappa shape index (κ1) is 23.0. The molecule has 0 saturated heterocycles. The predicted molar refractivity (Wildman–Crippen MR) is 132 cm³/mol. The summed E-state index contributed by atoms with van der Waals surface area (Å²) >= 11 is 0. The molecule has 1 spiro atoms. The van der Waals surface area contributed by atoms with E-state index in [1.807, 2.05) is 0 Å². The van der Waals surface area contributed by atoms with E-state index in [9.17, 15) is 18.8 Å². The van der Waals surface area contributed by atoms with Crippen molar-refractivity contribution in [2.24, 2.45) is 5.73 Å². The van der Waals surface area contributed by atoms with Gasteiger partial charge in [0.15, 0.2) is 0 Å². The highest BCUT2D eigenvalue weighted by Gasteiger charge is 2.62. The number of pyridine rings is 1. The van der Waals surface area contributed by atoms with Gasteiger partial charge in [0.05, 0.1) is 19.2 Å². The number of nitrogens with zero attached hydrogens (tertiary/aromatic N) is 2. The van der Waals surface area contributed by atoms with Crippen molar-refractivity contribution >= 4 is 17.6 Å². The fourth-order valence-corrected chi connectivity index (χ4v) is 5.66. The number of fused-ring (bicyclic) bond motifs is 4. The van der Waals surface area contributed by atoms with E-state index in [2.05, 4.69) is 0 Å². The molecule has 1 aromatic heterocycles. The van der Waals surface area contributed by atoms with Crippen molar-refractivity contribution in [3.63, 3.8) is 0 Å². The lowest BCUT2D eigenvalue weighted by atomic mass is 9.68. The van der Waals surface area contributed by atoms with Crippen LogP contribution in [0.15, 0.2) is 70.8 Å². The number of carbonyl (C=O) groups is 2. The van der Waals surface area contributed by atoms with Crippen LogP contribution in [0.2, 0.25) is 0 Å². The lowest BCUT2D eigenvalue weighted by Gasteiger charge is -2.36. The summed E-state index contributed by atoms with van der Waals surface area (Å²) in [5, 5.41) is 0. The zero-order valence-corrected chi connectivity index (χ0v) is 20.3. The third kappa shape index (κ3) is 3.09. The largest absolute Gasteiger partial charge is 0.465 e. The molecule has 1 aliphatic carbocycles. The summed E-state index contributed by atoms with van der Waals surface area (Å²) in [6.45, 7) is 1.68. The Labute approximate surface area is 211 Å². The van der Waals surface area contributed by atoms with Crippen LogP contribution in [0.4, 0.5) is 10.1 Å². The van der Waals surface area contributed by atoms with Crippen LogP contribution in [-0.4, -0.2) is 23.6 Å². The lowest BCUT2D eigenvalue weighted by molar-refractivity contribution is -0.138. The Hall–Kier alpha value is -4.40. The number of hydrogen-bond acceptors (Lipinski definition) is 6. The number of benzene rings is 2. The van der Waals surface area contributed by atoms with Crippen molar-refractivity contribution < 1.29 is 23.5 Å². The number of carbonyl (C=O) groups excluding carboxylic acids is 2. The molecule has 37 heavy (non-hydrogen) atoms. The van der Waals surface area contributed by atoms with Crippen LogP contribution in [0, 0.1) is 12.7 Å². The zero-order valence-electron chi connectivity index (χ0n) is 20.3. The number of ether oxygens (including phenoxy) is 2. The number of methoxy groups -OCH3 is 1. The molecule has 6 rings (SSSR count). The summed E-state index contributed by atoms with van der Waals surface area (Å²) in [4.78, 5) is 43.4. The molecule has 2 aromatic carbocycles. The number of esters is 1. The number of aromatic nitrogens is 1. The molecule has 2 aliphatic heterocycles. The standard InChI is InChI=1S/C28H24FN3O5/c1-15-13-21-22(25(33)32(15)17-11-12-17)28(23(24(30)37-21)26(34)36-2)18-8-4-6-10-20(18)31(27(28)35)14-16-7-3-5-9-19(16)29/h3-10,13,17H,11-12,14,30H2,1-2H3. The Morgan fingerprint density at radius 1 is 1.16 bits per heavy atom. The lowest BCUT2D eigenvalue weighted by Crippen LogP contribution is -2.52. The Morgan fingerprint density at radius 3 is 2.57 bits per heavy atom. The summed E-state index contributed by atoms with van der Waals surface area (Å²) in [5.74, 6) is -2.18. The molecule has 9 heteroatoms. The van der Waals surface area contributed by atoms with E-state index in [0.717, 1.165) is 12.8 Å². The van der Waals surface area contributed by atoms with Crippen LogP contribution in [0.1, 0.15) is 41.3 Å². The molecule has 1 saturated carbocycles. The van der Waals surface area contributed by atoms with Crippen molar-refractivity contribution in [3.8, 4) is 5.75 Å². The predicted octanol–water partition coefficient (Wildman–Crippen LogP) is 3.20. The maximum atomic E-state index is 14.7. The minimum absolute atomic E-state index is 0.000876. The van der Waals surface area contributed by atoms with E-state index in [1.54, 1.807) is 60.0 Å². The quantitative estimate of drug-likeness (QED) is 0.551. The molecule has 2 N–H and O–H groups in total. The second-order valence-corrected chi connectivity index (χ2v) is 9.51. The Morgan fingerprint density at radius 2 is 1.86 bits per heavy atom. The van der Waals surface area contributed by atoms with Crippen molar-refractivity contribution in [1.82, 2.24) is 4.57 Å². The average molecular weight is 502 g/mol. The number of rotatable bonds is 4. The fraction of sp³-hybridized carbons (Fsp3) is 0.250. The molecule has 1 amide bonds. The molecule has 8 nitrogen and oxygen atoms in total. The van der Waals surface area contributed by atoms with Crippen molar-refractivity contribution in [1.29, 1.82) is 0 Å². The van der Waals surface area contributed by atoms with Crippen LogP contribution >= 0.6 is 0 Å². The molecule has 1 unspecified atom stereocenters. The molecule has 0 radical (unpaired) electrons. The Kier molecular flexibility index (Phi) is 5.01. The smallest absolute Gasteiger partial charge is 0.340 e. The van der Waals surface area contributed by atoms with Gasteiger partial charge in [0.2, 0.25) is 11.8 Å². The number of aryl methyl sites for hydroxylation is 1. The maximum absolute atomic E-state index is 14.7. The van der Waals surface area contributed by atoms with Gasteiger partial charge in [-0.25, -0.2) is 9.18 Å². The minimum Gasteiger partial charge on any atom is -0.465 e. The van der Waals surface area contributed by atoms with Gasteiger partial charge in [-0.05, 0) is 31.9 Å². The maximum Gasteiger partial charge on any atom is 0.340 e. The molecule has 1 atom stereocenters. The summed E-state index contributed by atoms with van der Waals surface area (Å²) in [5.41, 5.74) is 5.46. The molecule has 3 aromatic rings. The molecule has 3 heterocycles. The Balaban J connectivity index is 1.69. The van der Waals surface area contributed by atoms with Crippen LogP contribution in [-0.2, 0) is 26.3 Å². The summed E-state index contributed by atoms with van der Waals surface area (Å²) < 4.78 is 27.2. The van der Waals surface area contributed by atoms with Gasteiger partial charge in [0.25, 0.3) is 5.56 Å². The number of nitrogens with two attached hydrogens (primary N) is 1. The van der Waals surface area contributed by atoms with Gasteiger partial charge in [-0.1, -0.05) is 36.4 Å². The molecule has 3 aliphatic rings. The fourth-order valence-electron chi connectivity index (χ4n) is 5.66. The first-order chi connectivity index (χ1) is 17.8. The van der Waals surface area contributed by atoms with E-state index in [0.29, 0.717) is 16.9 Å². The Bertz CT molecular complexity index is 1590. The van der Waals surface area contributed by atoms with Crippen molar-refractivity contribution in [3.05, 3.63) is 105 Å². The van der Waals surface area contributed by atoms with Gasteiger partial charge >= 0.3 is 5.97 Å². The topological polar surface area (TPSA) is 104 Å². The minimum atomic E-state index is -1.92. The van der Waals surface area contributed by atoms with Gasteiger partial charge in [0.1, 0.15) is 22.6 Å². The second kappa shape index (κ2) is 8.06. The van der Waals surface area contributed by atoms with Gasteiger partial charge in [0, 0.05) is 34.6 Å².